The Hall–Kier alpha value is -2.67. The monoisotopic (exact) mass is 306 g/mol. The maximum Gasteiger partial charge on any atom is 0.356 e. The predicted octanol–water partition coefficient (Wildman–Crippen LogP) is 2.47. The molecule has 21 heavy (non-hydrogen) atoms. The predicted molar refractivity (Wildman–Crippen MR) is 74.8 cm³/mol. The first-order valence-electron chi connectivity index (χ1n) is 5.80. The number of fused-ring (bicyclic) bond motifs is 1. The van der Waals surface area contributed by atoms with E-state index in [1.165, 1.54) is 34.9 Å². The van der Waals surface area contributed by atoms with Crippen LogP contribution in [0.15, 0.2) is 30.5 Å². The second kappa shape index (κ2) is 4.71. The molecule has 2 aromatic heterocycles. The standard InChI is InChI=1S/C13H8ClFN4O2/c14-10-9(6-1-3-7(15)4-2-6)18-11(16)12-17-8(13(20)21)5-19(10)12/h1-5H,(H2,16,18)(H,20,21). The number of carboxylic acids is 1. The molecule has 0 saturated heterocycles. The SMILES string of the molecule is Nc1nc(-c2ccc(F)cc2)c(Cl)n2cc(C(=O)O)nc12. The third-order valence-electron chi connectivity index (χ3n) is 2.91. The fourth-order valence-corrected chi connectivity index (χ4v) is 2.22. The van der Waals surface area contributed by atoms with E-state index in [-0.39, 0.29) is 28.1 Å². The highest BCUT2D eigenvalue weighted by molar-refractivity contribution is 6.32. The van der Waals surface area contributed by atoms with Crippen LogP contribution in [0.1, 0.15) is 10.5 Å². The Morgan fingerprint density at radius 1 is 1.29 bits per heavy atom. The maximum atomic E-state index is 13.0. The number of nitrogens with zero attached hydrogens (tertiary/aromatic N) is 3. The zero-order valence-electron chi connectivity index (χ0n) is 10.4. The first-order valence-corrected chi connectivity index (χ1v) is 6.18. The van der Waals surface area contributed by atoms with E-state index >= 15 is 0 Å². The first kappa shape index (κ1) is 13.3. The third kappa shape index (κ3) is 2.17. The lowest BCUT2D eigenvalue weighted by atomic mass is 10.1. The summed E-state index contributed by atoms with van der Waals surface area (Å²) in [6, 6.07) is 5.54. The summed E-state index contributed by atoms with van der Waals surface area (Å²) in [6.07, 6.45) is 1.26. The molecular weight excluding hydrogens is 299 g/mol. The van der Waals surface area contributed by atoms with Crippen LogP contribution in [0.3, 0.4) is 0 Å². The van der Waals surface area contributed by atoms with E-state index < -0.39 is 5.97 Å². The van der Waals surface area contributed by atoms with Crippen molar-refractivity contribution in [2.24, 2.45) is 0 Å². The second-order valence-corrected chi connectivity index (χ2v) is 4.63. The minimum Gasteiger partial charge on any atom is -0.476 e. The highest BCUT2D eigenvalue weighted by Gasteiger charge is 2.17. The van der Waals surface area contributed by atoms with Crippen molar-refractivity contribution < 1.29 is 14.3 Å². The number of carbonyl (C=O) groups is 1. The molecule has 8 heteroatoms. The van der Waals surface area contributed by atoms with Gasteiger partial charge in [-0.3, -0.25) is 4.40 Å². The van der Waals surface area contributed by atoms with Gasteiger partial charge in [0.05, 0.1) is 0 Å². The number of aromatic nitrogens is 3. The molecule has 0 radical (unpaired) electrons. The summed E-state index contributed by atoms with van der Waals surface area (Å²) in [5.41, 5.74) is 6.62. The number of benzene rings is 1. The Morgan fingerprint density at radius 2 is 1.95 bits per heavy atom. The molecule has 0 spiro atoms. The summed E-state index contributed by atoms with van der Waals surface area (Å²) in [7, 11) is 0. The topological polar surface area (TPSA) is 93.5 Å². The number of halogens is 2. The lowest BCUT2D eigenvalue weighted by molar-refractivity contribution is 0.0691. The number of nitrogens with two attached hydrogens (primary N) is 1. The molecule has 0 aliphatic rings. The van der Waals surface area contributed by atoms with Gasteiger partial charge in [-0.05, 0) is 24.3 Å². The maximum absolute atomic E-state index is 13.0. The van der Waals surface area contributed by atoms with Crippen molar-refractivity contribution in [3.05, 3.63) is 47.1 Å². The van der Waals surface area contributed by atoms with Crippen LogP contribution in [0.25, 0.3) is 16.9 Å². The lowest BCUT2D eigenvalue weighted by Gasteiger charge is -2.07. The van der Waals surface area contributed by atoms with Gasteiger partial charge >= 0.3 is 5.97 Å². The largest absolute Gasteiger partial charge is 0.476 e. The molecule has 0 bridgehead atoms. The third-order valence-corrected chi connectivity index (χ3v) is 3.27. The summed E-state index contributed by atoms with van der Waals surface area (Å²) in [6.45, 7) is 0. The Balaban J connectivity index is 2.27. The second-order valence-electron chi connectivity index (χ2n) is 4.27. The van der Waals surface area contributed by atoms with Crippen LogP contribution in [0.4, 0.5) is 10.2 Å². The minimum atomic E-state index is -1.20. The zero-order valence-corrected chi connectivity index (χ0v) is 11.2. The number of hydrogen-bond donors (Lipinski definition) is 2. The molecule has 0 atom stereocenters. The summed E-state index contributed by atoms with van der Waals surface area (Å²) >= 11 is 6.22. The molecule has 1 aromatic carbocycles. The lowest BCUT2D eigenvalue weighted by Crippen LogP contribution is -2.00. The quantitative estimate of drug-likeness (QED) is 0.758. The summed E-state index contributed by atoms with van der Waals surface area (Å²) in [5.74, 6) is -1.55. The Labute approximate surface area is 122 Å². The minimum absolute atomic E-state index is 0.0335. The van der Waals surface area contributed by atoms with Gasteiger partial charge in [0.25, 0.3) is 0 Å². The fourth-order valence-electron chi connectivity index (χ4n) is 1.94. The molecule has 0 amide bonds. The molecule has 3 aromatic rings. The van der Waals surface area contributed by atoms with Crippen LogP contribution < -0.4 is 5.73 Å². The van der Waals surface area contributed by atoms with Crippen molar-refractivity contribution in [1.29, 1.82) is 0 Å². The Kier molecular flexibility index (Phi) is 2.99. The Morgan fingerprint density at radius 3 is 2.57 bits per heavy atom. The molecular formula is C13H8ClFN4O2. The smallest absolute Gasteiger partial charge is 0.356 e. The zero-order chi connectivity index (χ0) is 15.1. The number of imidazole rings is 1. The Bertz CT molecular complexity index is 861. The van der Waals surface area contributed by atoms with E-state index in [4.69, 9.17) is 22.4 Å². The molecule has 106 valence electrons. The van der Waals surface area contributed by atoms with Crippen LogP contribution in [0, 0.1) is 5.82 Å². The van der Waals surface area contributed by atoms with E-state index in [0.717, 1.165) is 0 Å². The molecule has 0 aliphatic heterocycles. The van der Waals surface area contributed by atoms with Gasteiger partial charge in [0.2, 0.25) is 0 Å². The highest BCUT2D eigenvalue weighted by atomic mass is 35.5. The van der Waals surface area contributed by atoms with E-state index in [0.29, 0.717) is 11.3 Å². The average molecular weight is 307 g/mol. The van der Waals surface area contributed by atoms with Gasteiger partial charge in [-0.25, -0.2) is 19.2 Å². The van der Waals surface area contributed by atoms with Crippen molar-refractivity contribution in [3.8, 4) is 11.3 Å². The molecule has 0 aliphatic carbocycles. The van der Waals surface area contributed by atoms with Crippen molar-refractivity contribution in [3.63, 3.8) is 0 Å². The van der Waals surface area contributed by atoms with Crippen molar-refractivity contribution in [1.82, 2.24) is 14.4 Å². The number of rotatable bonds is 2. The van der Waals surface area contributed by atoms with Crippen LogP contribution in [-0.4, -0.2) is 25.4 Å². The van der Waals surface area contributed by atoms with Crippen LogP contribution in [0.5, 0.6) is 0 Å². The van der Waals surface area contributed by atoms with Gasteiger partial charge in [-0.1, -0.05) is 11.6 Å². The van der Waals surface area contributed by atoms with Gasteiger partial charge in [0, 0.05) is 11.8 Å². The number of carboxylic acid groups (broad SMARTS) is 1. The van der Waals surface area contributed by atoms with Crippen LogP contribution in [0.2, 0.25) is 5.15 Å². The van der Waals surface area contributed by atoms with E-state index in [9.17, 15) is 9.18 Å². The van der Waals surface area contributed by atoms with Gasteiger partial charge in [0.1, 0.15) is 16.7 Å². The fraction of sp³-hybridized carbons (Fsp3) is 0. The van der Waals surface area contributed by atoms with Crippen molar-refractivity contribution in [2.45, 2.75) is 0 Å². The normalized spacial score (nSPS) is 11.0. The van der Waals surface area contributed by atoms with E-state index in [2.05, 4.69) is 9.97 Å². The molecule has 6 nitrogen and oxygen atoms in total. The van der Waals surface area contributed by atoms with Crippen molar-refractivity contribution >= 4 is 29.0 Å². The van der Waals surface area contributed by atoms with Gasteiger partial charge in [0.15, 0.2) is 17.2 Å². The van der Waals surface area contributed by atoms with E-state index in [1.807, 2.05) is 0 Å². The van der Waals surface area contributed by atoms with Crippen LogP contribution in [-0.2, 0) is 0 Å². The van der Waals surface area contributed by atoms with Crippen molar-refractivity contribution in [2.75, 3.05) is 5.73 Å². The summed E-state index contributed by atoms with van der Waals surface area (Å²) in [4.78, 5) is 18.9. The molecule has 2 heterocycles. The number of anilines is 1. The molecule has 0 unspecified atom stereocenters. The molecule has 0 fully saturated rings. The number of nitrogen functional groups attached to an aromatic ring is 1. The highest BCUT2D eigenvalue weighted by Crippen LogP contribution is 2.29. The van der Waals surface area contributed by atoms with Gasteiger partial charge in [-0.2, -0.15) is 0 Å². The molecule has 3 rings (SSSR count). The first-order chi connectivity index (χ1) is 9.97. The summed E-state index contributed by atoms with van der Waals surface area (Å²) in [5, 5.41) is 9.11. The number of hydrogen-bond acceptors (Lipinski definition) is 4. The average Bonchev–Trinajstić information content (AvgIpc) is 2.90. The van der Waals surface area contributed by atoms with Gasteiger partial charge < -0.3 is 10.8 Å². The van der Waals surface area contributed by atoms with Crippen LogP contribution >= 0.6 is 11.6 Å². The number of aromatic carboxylic acids is 1. The van der Waals surface area contributed by atoms with E-state index in [1.54, 1.807) is 0 Å². The van der Waals surface area contributed by atoms with Gasteiger partial charge in [-0.15, -0.1) is 0 Å². The summed E-state index contributed by atoms with van der Waals surface area (Å²) < 4.78 is 14.3. The molecule has 3 N–H and O–H groups in total. The molecule has 0 saturated carbocycles.